The van der Waals surface area contributed by atoms with Gasteiger partial charge in [0.05, 0.1) is 0 Å². The van der Waals surface area contributed by atoms with Crippen LogP contribution in [0.5, 0.6) is 11.6 Å². The molecule has 0 saturated heterocycles. The summed E-state index contributed by atoms with van der Waals surface area (Å²) in [5.41, 5.74) is 5.69. The Kier molecular flexibility index (Phi) is 3.55. The van der Waals surface area contributed by atoms with Crippen molar-refractivity contribution in [2.45, 2.75) is 6.92 Å². The van der Waals surface area contributed by atoms with Gasteiger partial charge in [0, 0.05) is 12.6 Å². The molecular formula is C16H16N4O. The zero-order valence-electron chi connectivity index (χ0n) is 11.7. The quantitative estimate of drug-likeness (QED) is 0.766. The summed E-state index contributed by atoms with van der Waals surface area (Å²) in [5.74, 6) is 1.98. The molecule has 21 heavy (non-hydrogen) atoms. The average molecular weight is 280 g/mol. The van der Waals surface area contributed by atoms with Crippen molar-refractivity contribution in [1.82, 2.24) is 9.97 Å². The standard InChI is InChI=1S/C16H16N4O/c1-2-18-14-10-15(20-16(17)19-14)21-13-8-7-11-5-3-4-6-12(11)9-13/h3-10H,2H2,1H3,(H3,17,18,19,20). The fourth-order valence-corrected chi connectivity index (χ4v) is 2.12. The number of ether oxygens (including phenoxy) is 1. The van der Waals surface area contributed by atoms with E-state index in [9.17, 15) is 0 Å². The highest BCUT2D eigenvalue weighted by molar-refractivity contribution is 5.83. The van der Waals surface area contributed by atoms with Crippen molar-refractivity contribution in [3.63, 3.8) is 0 Å². The van der Waals surface area contributed by atoms with E-state index in [0.29, 0.717) is 17.4 Å². The van der Waals surface area contributed by atoms with E-state index in [2.05, 4.69) is 21.4 Å². The van der Waals surface area contributed by atoms with Crippen LogP contribution in [0.4, 0.5) is 11.8 Å². The van der Waals surface area contributed by atoms with Crippen molar-refractivity contribution in [2.24, 2.45) is 0 Å². The number of hydrogen-bond donors (Lipinski definition) is 2. The van der Waals surface area contributed by atoms with Crippen LogP contribution in [-0.4, -0.2) is 16.5 Å². The van der Waals surface area contributed by atoms with Gasteiger partial charge in [-0.15, -0.1) is 0 Å². The molecule has 0 spiro atoms. The SMILES string of the molecule is CCNc1cc(Oc2ccc3ccccc3c2)nc(N)n1. The van der Waals surface area contributed by atoms with Crippen LogP contribution < -0.4 is 15.8 Å². The summed E-state index contributed by atoms with van der Waals surface area (Å²) < 4.78 is 5.78. The predicted molar refractivity (Wildman–Crippen MR) is 84.6 cm³/mol. The molecule has 0 aliphatic carbocycles. The minimum Gasteiger partial charge on any atom is -0.439 e. The van der Waals surface area contributed by atoms with Crippen molar-refractivity contribution in [1.29, 1.82) is 0 Å². The van der Waals surface area contributed by atoms with Crippen LogP contribution >= 0.6 is 0 Å². The molecule has 3 N–H and O–H groups in total. The number of aromatic nitrogens is 2. The van der Waals surface area contributed by atoms with Crippen LogP contribution in [0.1, 0.15) is 6.92 Å². The molecule has 0 radical (unpaired) electrons. The summed E-state index contributed by atoms with van der Waals surface area (Å²) in [5, 5.41) is 5.37. The molecule has 0 fully saturated rings. The van der Waals surface area contributed by atoms with Gasteiger partial charge in [-0.3, -0.25) is 0 Å². The van der Waals surface area contributed by atoms with Gasteiger partial charge in [-0.1, -0.05) is 30.3 Å². The lowest BCUT2D eigenvalue weighted by Gasteiger charge is -2.09. The Morgan fingerprint density at radius 1 is 1.05 bits per heavy atom. The third-order valence-electron chi connectivity index (χ3n) is 3.02. The van der Waals surface area contributed by atoms with Gasteiger partial charge in [-0.25, -0.2) is 0 Å². The largest absolute Gasteiger partial charge is 0.439 e. The Bertz CT molecular complexity index is 773. The Balaban J connectivity index is 1.90. The van der Waals surface area contributed by atoms with Gasteiger partial charge in [0.25, 0.3) is 0 Å². The number of benzene rings is 2. The van der Waals surface area contributed by atoms with Crippen molar-refractivity contribution < 1.29 is 4.74 Å². The van der Waals surface area contributed by atoms with Crippen LogP contribution in [0.2, 0.25) is 0 Å². The van der Waals surface area contributed by atoms with Crippen molar-refractivity contribution >= 4 is 22.5 Å². The van der Waals surface area contributed by atoms with E-state index < -0.39 is 0 Å². The maximum absolute atomic E-state index is 5.78. The second kappa shape index (κ2) is 5.66. The monoisotopic (exact) mass is 280 g/mol. The van der Waals surface area contributed by atoms with Crippen molar-refractivity contribution in [3.05, 3.63) is 48.5 Å². The van der Waals surface area contributed by atoms with Crippen LogP contribution in [0.3, 0.4) is 0 Å². The molecule has 1 heterocycles. The first kappa shape index (κ1) is 13.2. The molecule has 2 aromatic carbocycles. The lowest BCUT2D eigenvalue weighted by Crippen LogP contribution is -2.04. The van der Waals surface area contributed by atoms with E-state index >= 15 is 0 Å². The molecule has 1 aromatic heterocycles. The normalized spacial score (nSPS) is 10.5. The molecule has 0 unspecified atom stereocenters. The molecule has 0 aliphatic rings. The van der Waals surface area contributed by atoms with Crippen molar-refractivity contribution in [3.8, 4) is 11.6 Å². The predicted octanol–water partition coefficient (Wildman–Crippen LogP) is 3.44. The number of fused-ring (bicyclic) bond motifs is 1. The van der Waals surface area contributed by atoms with Gasteiger partial charge in [0.2, 0.25) is 11.8 Å². The number of rotatable bonds is 4. The molecule has 3 aromatic rings. The van der Waals surface area contributed by atoms with E-state index in [1.54, 1.807) is 6.07 Å². The molecule has 0 amide bonds. The molecule has 0 bridgehead atoms. The Morgan fingerprint density at radius 3 is 2.67 bits per heavy atom. The highest BCUT2D eigenvalue weighted by Crippen LogP contribution is 2.26. The zero-order valence-corrected chi connectivity index (χ0v) is 11.7. The highest BCUT2D eigenvalue weighted by Gasteiger charge is 2.05. The zero-order chi connectivity index (χ0) is 14.7. The van der Waals surface area contributed by atoms with Gasteiger partial charge in [-0.2, -0.15) is 9.97 Å². The van der Waals surface area contributed by atoms with Crippen LogP contribution in [0, 0.1) is 0 Å². The fourth-order valence-electron chi connectivity index (χ4n) is 2.12. The van der Waals surface area contributed by atoms with Crippen LogP contribution in [0.25, 0.3) is 10.8 Å². The van der Waals surface area contributed by atoms with Crippen LogP contribution in [-0.2, 0) is 0 Å². The van der Waals surface area contributed by atoms with E-state index in [0.717, 1.165) is 11.9 Å². The molecule has 0 saturated carbocycles. The van der Waals surface area contributed by atoms with Gasteiger partial charge < -0.3 is 15.8 Å². The lowest BCUT2D eigenvalue weighted by molar-refractivity contribution is 0.463. The molecular weight excluding hydrogens is 264 g/mol. The number of hydrogen-bond acceptors (Lipinski definition) is 5. The summed E-state index contributed by atoms with van der Waals surface area (Å²) >= 11 is 0. The molecule has 5 heteroatoms. The summed E-state index contributed by atoms with van der Waals surface area (Å²) in [6.45, 7) is 2.74. The summed E-state index contributed by atoms with van der Waals surface area (Å²) in [6, 6.07) is 15.7. The Labute approximate surface area is 122 Å². The van der Waals surface area contributed by atoms with Gasteiger partial charge in [-0.05, 0) is 29.8 Å². The van der Waals surface area contributed by atoms with Gasteiger partial charge in [0.1, 0.15) is 11.6 Å². The number of nitrogens with one attached hydrogen (secondary N) is 1. The first-order valence-electron chi connectivity index (χ1n) is 6.79. The third-order valence-corrected chi connectivity index (χ3v) is 3.02. The van der Waals surface area contributed by atoms with Gasteiger partial charge in [0.15, 0.2) is 0 Å². The molecule has 106 valence electrons. The molecule has 3 rings (SSSR count). The topological polar surface area (TPSA) is 73.1 Å². The summed E-state index contributed by atoms with van der Waals surface area (Å²) in [6.07, 6.45) is 0. The molecule has 0 atom stereocenters. The minimum atomic E-state index is 0.184. The third kappa shape index (κ3) is 3.02. The first-order chi connectivity index (χ1) is 10.2. The number of anilines is 2. The van der Waals surface area contributed by atoms with E-state index in [1.165, 1.54) is 5.39 Å². The van der Waals surface area contributed by atoms with Crippen molar-refractivity contribution in [2.75, 3.05) is 17.6 Å². The highest BCUT2D eigenvalue weighted by atomic mass is 16.5. The average Bonchev–Trinajstić information content (AvgIpc) is 2.47. The Morgan fingerprint density at radius 2 is 1.86 bits per heavy atom. The maximum Gasteiger partial charge on any atom is 0.226 e. The number of nitrogens with zero attached hydrogens (tertiary/aromatic N) is 2. The van der Waals surface area contributed by atoms with Gasteiger partial charge >= 0.3 is 0 Å². The Hall–Kier alpha value is -2.82. The van der Waals surface area contributed by atoms with Crippen LogP contribution in [0.15, 0.2) is 48.5 Å². The van der Waals surface area contributed by atoms with E-state index in [1.807, 2.05) is 43.3 Å². The lowest BCUT2D eigenvalue weighted by atomic mass is 10.1. The number of nitrogen functional groups attached to an aromatic ring is 1. The summed E-state index contributed by atoms with van der Waals surface area (Å²) in [4.78, 5) is 8.19. The van der Waals surface area contributed by atoms with E-state index in [4.69, 9.17) is 10.5 Å². The maximum atomic E-state index is 5.78. The molecule has 5 nitrogen and oxygen atoms in total. The van der Waals surface area contributed by atoms with E-state index in [-0.39, 0.29) is 5.95 Å². The smallest absolute Gasteiger partial charge is 0.226 e. The molecule has 0 aliphatic heterocycles. The fraction of sp³-hybridized carbons (Fsp3) is 0.125. The summed E-state index contributed by atoms with van der Waals surface area (Å²) in [7, 11) is 0. The second-order valence-electron chi connectivity index (χ2n) is 4.59. The second-order valence-corrected chi connectivity index (χ2v) is 4.59. The number of nitrogens with two attached hydrogens (primary N) is 1. The first-order valence-corrected chi connectivity index (χ1v) is 6.79. The minimum absolute atomic E-state index is 0.184.